The fourth-order valence-electron chi connectivity index (χ4n) is 2.09. The summed E-state index contributed by atoms with van der Waals surface area (Å²) >= 11 is 0. The predicted octanol–water partition coefficient (Wildman–Crippen LogP) is -0.282. The number of rotatable bonds is 5. The standard InChI is InChI=1S/C13H19N3O4S/c1-16(2)21(18,19)9-11-7-20-8-12(11)15-13(17)10-4-3-5-14-6-10/h3-6,11-12H,7-9H2,1-2H3,(H,15,17)/t11-,12-/m0/s1. The Morgan fingerprint density at radius 1 is 1.48 bits per heavy atom. The first-order valence-corrected chi connectivity index (χ1v) is 8.20. The monoisotopic (exact) mass is 313 g/mol. The number of carbonyl (C=O) groups excluding carboxylic acids is 1. The van der Waals surface area contributed by atoms with Gasteiger partial charge >= 0.3 is 0 Å². The molecule has 1 aromatic heterocycles. The Labute approximate surface area is 124 Å². The van der Waals surface area contributed by atoms with Gasteiger partial charge in [0, 0.05) is 32.4 Å². The van der Waals surface area contributed by atoms with Gasteiger partial charge < -0.3 is 10.1 Å². The highest BCUT2D eigenvalue weighted by atomic mass is 32.2. The van der Waals surface area contributed by atoms with E-state index in [-0.39, 0.29) is 23.6 Å². The lowest BCUT2D eigenvalue weighted by Crippen LogP contribution is -2.43. The van der Waals surface area contributed by atoms with Gasteiger partial charge in [0.1, 0.15) is 0 Å². The molecule has 0 aromatic carbocycles. The summed E-state index contributed by atoms with van der Waals surface area (Å²) in [4.78, 5) is 16.0. The van der Waals surface area contributed by atoms with Crippen LogP contribution in [-0.2, 0) is 14.8 Å². The molecule has 0 saturated carbocycles. The third-order valence-electron chi connectivity index (χ3n) is 3.42. The molecule has 2 atom stereocenters. The fourth-order valence-corrected chi connectivity index (χ4v) is 3.26. The second kappa shape index (κ2) is 6.50. The largest absolute Gasteiger partial charge is 0.379 e. The summed E-state index contributed by atoms with van der Waals surface area (Å²) in [6.07, 6.45) is 3.05. The van der Waals surface area contributed by atoms with Crippen molar-refractivity contribution in [3.05, 3.63) is 30.1 Å². The van der Waals surface area contributed by atoms with E-state index < -0.39 is 10.0 Å². The SMILES string of the molecule is CN(C)S(=O)(=O)C[C@@H]1COC[C@@H]1NC(=O)c1cccnc1. The van der Waals surface area contributed by atoms with E-state index in [1.165, 1.54) is 24.6 Å². The number of carbonyl (C=O) groups is 1. The van der Waals surface area contributed by atoms with E-state index in [1.807, 2.05) is 0 Å². The zero-order chi connectivity index (χ0) is 15.5. The topological polar surface area (TPSA) is 88.6 Å². The van der Waals surface area contributed by atoms with Crippen LogP contribution in [0.5, 0.6) is 0 Å². The Morgan fingerprint density at radius 3 is 2.86 bits per heavy atom. The van der Waals surface area contributed by atoms with Crippen LogP contribution in [0.1, 0.15) is 10.4 Å². The first-order chi connectivity index (χ1) is 9.90. The van der Waals surface area contributed by atoms with Crippen LogP contribution in [0, 0.1) is 5.92 Å². The fraction of sp³-hybridized carbons (Fsp3) is 0.538. The highest BCUT2D eigenvalue weighted by Crippen LogP contribution is 2.17. The van der Waals surface area contributed by atoms with Crippen LogP contribution in [0.2, 0.25) is 0 Å². The molecule has 0 bridgehead atoms. The molecule has 0 aliphatic carbocycles. The maximum atomic E-state index is 12.1. The van der Waals surface area contributed by atoms with Gasteiger partial charge in [0.25, 0.3) is 5.91 Å². The second-order valence-corrected chi connectivity index (χ2v) is 7.41. The lowest BCUT2D eigenvalue weighted by atomic mass is 10.1. The van der Waals surface area contributed by atoms with Crippen LogP contribution in [-0.4, -0.2) is 62.7 Å². The van der Waals surface area contributed by atoms with E-state index in [0.29, 0.717) is 18.8 Å². The summed E-state index contributed by atoms with van der Waals surface area (Å²) < 4.78 is 30.4. The number of nitrogens with zero attached hydrogens (tertiary/aromatic N) is 2. The number of sulfonamides is 1. The maximum absolute atomic E-state index is 12.1. The second-order valence-electron chi connectivity index (χ2n) is 5.18. The summed E-state index contributed by atoms with van der Waals surface area (Å²) in [5.41, 5.74) is 0.443. The number of hydrogen-bond acceptors (Lipinski definition) is 5. The molecule has 1 N–H and O–H groups in total. The average Bonchev–Trinajstić information content (AvgIpc) is 2.86. The molecule has 0 spiro atoms. The number of ether oxygens (including phenoxy) is 1. The highest BCUT2D eigenvalue weighted by molar-refractivity contribution is 7.89. The number of pyridine rings is 1. The molecule has 0 radical (unpaired) electrons. The van der Waals surface area contributed by atoms with E-state index >= 15 is 0 Å². The third kappa shape index (κ3) is 3.99. The summed E-state index contributed by atoms with van der Waals surface area (Å²) in [6.45, 7) is 0.644. The van der Waals surface area contributed by atoms with Gasteiger partial charge in [0.15, 0.2) is 0 Å². The van der Waals surface area contributed by atoms with Crippen molar-refractivity contribution >= 4 is 15.9 Å². The number of hydrogen-bond donors (Lipinski definition) is 1. The molecule has 0 unspecified atom stereocenters. The molecule has 8 heteroatoms. The van der Waals surface area contributed by atoms with Crippen molar-refractivity contribution in [2.75, 3.05) is 33.1 Å². The van der Waals surface area contributed by atoms with Gasteiger partial charge in [-0.1, -0.05) is 0 Å². The molecule has 1 aliphatic rings. The van der Waals surface area contributed by atoms with E-state index in [9.17, 15) is 13.2 Å². The molecule has 116 valence electrons. The van der Waals surface area contributed by atoms with Crippen molar-refractivity contribution in [3.63, 3.8) is 0 Å². The molecule has 21 heavy (non-hydrogen) atoms. The predicted molar refractivity (Wildman–Crippen MR) is 77.3 cm³/mol. The first kappa shape index (κ1) is 15.9. The number of nitrogens with one attached hydrogen (secondary N) is 1. The Balaban J connectivity index is 2.01. The van der Waals surface area contributed by atoms with Gasteiger partial charge in [0.2, 0.25) is 10.0 Å². The molecule has 1 aromatic rings. The smallest absolute Gasteiger partial charge is 0.253 e. The van der Waals surface area contributed by atoms with E-state index in [2.05, 4.69) is 10.3 Å². The Hall–Kier alpha value is -1.51. The van der Waals surface area contributed by atoms with Gasteiger partial charge in [-0.05, 0) is 12.1 Å². The van der Waals surface area contributed by atoms with Gasteiger partial charge in [-0.15, -0.1) is 0 Å². The summed E-state index contributed by atoms with van der Waals surface area (Å²) in [5.74, 6) is -0.568. The minimum Gasteiger partial charge on any atom is -0.379 e. The quantitative estimate of drug-likeness (QED) is 0.807. The van der Waals surface area contributed by atoms with Crippen molar-refractivity contribution in [1.82, 2.24) is 14.6 Å². The number of amides is 1. The summed E-state index contributed by atoms with van der Waals surface area (Å²) in [6, 6.07) is 3.02. The maximum Gasteiger partial charge on any atom is 0.253 e. The van der Waals surface area contributed by atoms with E-state index in [1.54, 1.807) is 18.3 Å². The van der Waals surface area contributed by atoms with Crippen molar-refractivity contribution in [2.45, 2.75) is 6.04 Å². The van der Waals surface area contributed by atoms with Gasteiger partial charge in [-0.25, -0.2) is 12.7 Å². The lowest BCUT2D eigenvalue weighted by molar-refractivity contribution is 0.0925. The summed E-state index contributed by atoms with van der Waals surface area (Å²) in [5, 5.41) is 2.82. The van der Waals surface area contributed by atoms with Gasteiger partial charge in [-0.3, -0.25) is 9.78 Å². The zero-order valence-electron chi connectivity index (χ0n) is 12.0. The Morgan fingerprint density at radius 2 is 2.24 bits per heavy atom. The van der Waals surface area contributed by atoms with Crippen molar-refractivity contribution in [1.29, 1.82) is 0 Å². The van der Waals surface area contributed by atoms with Crippen LogP contribution in [0.3, 0.4) is 0 Å². The van der Waals surface area contributed by atoms with Crippen molar-refractivity contribution < 1.29 is 17.9 Å². The molecule has 1 saturated heterocycles. The molecular weight excluding hydrogens is 294 g/mol. The van der Waals surface area contributed by atoms with Crippen LogP contribution >= 0.6 is 0 Å². The molecule has 1 amide bonds. The molecule has 7 nitrogen and oxygen atoms in total. The normalized spacial score (nSPS) is 22.4. The molecule has 1 fully saturated rings. The van der Waals surface area contributed by atoms with Crippen LogP contribution < -0.4 is 5.32 Å². The average molecular weight is 313 g/mol. The van der Waals surface area contributed by atoms with Crippen molar-refractivity contribution in [2.24, 2.45) is 5.92 Å². The third-order valence-corrected chi connectivity index (χ3v) is 5.38. The van der Waals surface area contributed by atoms with Crippen LogP contribution in [0.15, 0.2) is 24.5 Å². The molecule has 2 rings (SSSR count). The Bertz CT molecular complexity index is 589. The molecule has 1 aliphatic heterocycles. The van der Waals surface area contributed by atoms with Crippen molar-refractivity contribution in [3.8, 4) is 0 Å². The minimum absolute atomic E-state index is 0.0437. The first-order valence-electron chi connectivity index (χ1n) is 6.59. The molecular formula is C13H19N3O4S. The van der Waals surface area contributed by atoms with Gasteiger partial charge in [-0.2, -0.15) is 0 Å². The highest BCUT2D eigenvalue weighted by Gasteiger charge is 2.34. The van der Waals surface area contributed by atoms with E-state index in [4.69, 9.17) is 4.74 Å². The zero-order valence-corrected chi connectivity index (χ0v) is 12.8. The summed E-state index contributed by atoms with van der Waals surface area (Å²) in [7, 11) is -0.336. The van der Waals surface area contributed by atoms with Crippen LogP contribution in [0.4, 0.5) is 0 Å². The van der Waals surface area contributed by atoms with E-state index in [0.717, 1.165) is 0 Å². The Kier molecular flexibility index (Phi) is 4.92. The van der Waals surface area contributed by atoms with Crippen LogP contribution in [0.25, 0.3) is 0 Å². The molecule has 2 heterocycles. The lowest BCUT2D eigenvalue weighted by Gasteiger charge is -2.21. The number of aromatic nitrogens is 1. The minimum atomic E-state index is -3.33. The van der Waals surface area contributed by atoms with Gasteiger partial charge in [0.05, 0.1) is 30.6 Å².